The van der Waals surface area contributed by atoms with Crippen LogP contribution >= 0.6 is 0 Å². The molecule has 6 aliphatic rings. The molecule has 0 aromatic heterocycles. The first kappa shape index (κ1) is 26.0. The Labute approximate surface area is 222 Å². The third-order valence-electron chi connectivity index (χ3n) is 9.68. The number of aliphatic hydroxyl groups excluding tert-OH is 1. The second kappa shape index (κ2) is 9.13. The van der Waals surface area contributed by atoms with Gasteiger partial charge in [0.25, 0.3) is 0 Å². The van der Waals surface area contributed by atoms with Gasteiger partial charge in [-0.2, -0.15) is 0 Å². The van der Waals surface area contributed by atoms with Crippen LogP contribution in [0.15, 0.2) is 47.6 Å². The van der Waals surface area contributed by atoms with Gasteiger partial charge in [0.15, 0.2) is 6.29 Å². The molecule has 4 aliphatic heterocycles. The minimum absolute atomic E-state index is 0.0163. The largest absolute Gasteiger partial charge is 0.462 e. The van der Waals surface area contributed by atoms with Gasteiger partial charge in [0.1, 0.15) is 24.4 Å². The van der Waals surface area contributed by atoms with Crippen molar-refractivity contribution in [1.29, 1.82) is 0 Å². The lowest BCUT2D eigenvalue weighted by Gasteiger charge is -2.58. The van der Waals surface area contributed by atoms with Crippen LogP contribution in [-0.4, -0.2) is 78.8 Å². The number of hydrogen-bond donors (Lipinski definition) is 1. The van der Waals surface area contributed by atoms with Crippen LogP contribution in [0.3, 0.4) is 0 Å². The van der Waals surface area contributed by atoms with Crippen molar-refractivity contribution in [2.45, 2.75) is 95.5 Å². The van der Waals surface area contributed by atoms with Crippen molar-refractivity contribution in [2.24, 2.45) is 10.8 Å². The number of cyclic esters (lactones) is 1. The molecule has 206 valence electrons. The molecule has 2 spiro atoms. The fourth-order valence-electron chi connectivity index (χ4n) is 7.33. The van der Waals surface area contributed by atoms with Crippen LogP contribution in [0.25, 0.3) is 0 Å². The van der Waals surface area contributed by atoms with Crippen molar-refractivity contribution in [3.8, 4) is 0 Å². The zero-order valence-corrected chi connectivity index (χ0v) is 22.3. The summed E-state index contributed by atoms with van der Waals surface area (Å²) < 4.78 is 36.5. The van der Waals surface area contributed by atoms with Crippen molar-refractivity contribution in [3.63, 3.8) is 0 Å². The van der Waals surface area contributed by atoms with Gasteiger partial charge in [0, 0.05) is 30.4 Å². The number of hydrogen-bond acceptors (Lipinski definition) is 9. The van der Waals surface area contributed by atoms with Crippen molar-refractivity contribution < 1.29 is 43.1 Å². The van der Waals surface area contributed by atoms with Gasteiger partial charge in [-0.05, 0) is 32.8 Å². The summed E-state index contributed by atoms with van der Waals surface area (Å²) >= 11 is 0. The molecule has 0 aromatic carbocycles. The van der Waals surface area contributed by atoms with E-state index in [0.717, 1.165) is 11.1 Å². The molecular weight excluding hydrogens is 492 g/mol. The first-order valence-electron chi connectivity index (χ1n) is 13.4. The number of fused-ring (bicyclic) bond motifs is 2. The average Bonchev–Trinajstić information content (AvgIpc) is 3.55. The molecule has 4 bridgehead atoms. The average molecular weight is 529 g/mol. The third-order valence-corrected chi connectivity index (χ3v) is 9.68. The van der Waals surface area contributed by atoms with E-state index in [1.54, 1.807) is 12.2 Å². The molecule has 0 aromatic rings. The molecule has 0 radical (unpaired) electrons. The highest BCUT2D eigenvalue weighted by atomic mass is 16.7. The van der Waals surface area contributed by atoms with Crippen LogP contribution in [0.4, 0.5) is 0 Å². The highest BCUT2D eigenvalue weighted by Gasteiger charge is 2.83. The Morgan fingerprint density at radius 2 is 1.82 bits per heavy atom. The lowest BCUT2D eigenvalue weighted by Crippen LogP contribution is -2.68. The van der Waals surface area contributed by atoms with E-state index in [1.165, 1.54) is 12.2 Å². The predicted octanol–water partition coefficient (Wildman–Crippen LogP) is 2.68. The maximum absolute atomic E-state index is 13.0. The first-order valence-corrected chi connectivity index (χ1v) is 13.4. The summed E-state index contributed by atoms with van der Waals surface area (Å²) in [7, 11) is 0. The summed E-state index contributed by atoms with van der Waals surface area (Å²) in [6.45, 7) is 8.12. The van der Waals surface area contributed by atoms with Crippen LogP contribution < -0.4 is 0 Å². The SMILES string of the molecule is CC1=CC(=O)OC[C@]23C[C@H](O)C(C)=C[C@H]2O[C@@H]2C[C@@H](OC(=O)C=C/C=C/[C@@H]4O[C@H](C1)O[C@H]4C)[C@@]3(C)[C@]21CO1. The minimum Gasteiger partial charge on any atom is -0.462 e. The van der Waals surface area contributed by atoms with Gasteiger partial charge in [-0.1, -0.05) is 36.8 Å². The molecular formula is C29H36O9. The van der Waals surface area contributed by atoms with Gasteiger partial charge in [0.05, 0.1) is 36.4 Å². The van der Waals surface area contributed by atoms with E-state index in [0.29, 0.717) is 25.9 Å². The van der Waals surface area contributed by atoms with Crippen LogP contribution in [0.1, 0.15) is 47.0 Å². The summed E-state index contributed by atoms with van der Waals surface area (Å²) in [6.07, 6.45) is 8.24. The van der Waals surface area contributed by atoms with E-state index in [2.05, 4.69) is 0 Å². The van der Waals surface area contributed by atoms with Gasteiger partial charge in [-0.25, -0.2) is 9.59 Å². The summed E-state index contributed by atoms with van der Waals surface area (Å²) in [4.78, 5) is 26.0. The van der Waals surface area contributed by atoms with Gasteiger partial charge in [0.2, 0.25) is 0 Å². The summed E-state index contributed by atoms with van der Waals surface area (Å²) in [5, 5.41) is 11.0. The smallest absolute Gasteiger partial charge is 0.331 e. The van der Waals surface area contributed by atoms with Gasteiger partial charge < -0.3 is 33.5 Å². The lowest BCUT2D eigenvalue weighted by molar-refractivity contribution is -0.238. The number of carbonyl (C=O) groups is 2. The topological polar surface area (TPSA) is 113 Å². The summed E-state index contributed by atoms with van der Waals surface area (Å²) in [6, 6.07) is 0. The Morgan fingerprint density at radius 1 is 1.03 bits per heavy atom. The Kier molecular flexibility index (Phi) is 6.23. The van der Waals surface area contributed by atoms with Crippen molar-refractivity contribution >= 4 is 11.9 Å². The van der Waals surface area contributed by atoms with E-state index in [9.17, 15) is 14.7 Å². The number of carbonyl (C=O) groups excluding carboxylic acids is 2. The molecule has 38 heavy (non-hydrogen) atoms. The van der Waals surface area contributed by atoms with E-state index in [4.69, 9.17) is 28.4 Å². The van der Waals surface area contributed by atoms with Crippen LogP contribution in [0, 0.1) is 10.8 Å². The Bertz CT molecular complexity index is 1130. The molecule has 0 amide bonds. The van der Waals surface area contributed by atoms with Crippen molar-refractivity contribution in [1.82, 2.24) is 0 Å². The maximum atomic E-state index is 13.0. The number of ether oxygens (including phenoxy) is 6. The quantitative estimate of drug-likeness (QED) is 0.288. The Hall–Kier alpha value is -2.30. The molecule has 6 rings (SSSR count). The van der Waals surface area contributed by atoms with E-state index in [-0.39, 0.29) is 24.9 Å². The summed E-state index contributed by atoms with van der Waals surface area (Å²) in [5.74, 6) is -0.976. The lowest BCUT2D eigenvalue weighted by atomic mass is 9.51. The number of aliphatic hydroxyl groups is 1. The molecule has 3 saturated heterocycles. The predicted molar refractivity (Wildman–Crippen MR) is 134 cm³/mol. The standard InChI is InChI=1S/C29H36O9/c1-16-9-25(32)33-14-28-13-19(30)17(2)11-22(28)37-23-12-21(27(28,4)29(23)15-34-29)38-24(31)8-6-5-7-20-18(3)35-26(10-16)36-20/h5-9,11,18-23,26,30H,10,12-15H2,1-4H3/b7-5+,8-6?,16-9?/t18-,19-,20-,21+,22+,23+,26+,27+,28+,29-/m0/s1. The number of epoxide rings is 1. The fraction of sp³-hybridized carbons (Fsp3) is 0.655. The molecule has 9 heteroatoms. The monoisotopic (exact) mass is 528 g/mol. The molecule has 9 nitrogen and oxygen atoms in total. The van der Waals surface area contributed by atoms with Crippen LogP contribution in [0.2, 0.25) is 0 Å². The van der Waals surface area contributed by atoms with E-state index >= 15 is 0 Å². The number of esters is 2. The van der Waals surface area contributed by atoms with Gasteiger partial charge >= 0.3 is 11.9 Å². The zero-order valence-electron chi connectivity index (χ0n) is 22.3. The minimum atomic E-state index is -0.868. The zero-order chi connectivity index (χ0) is 26.9. The second-order valence-electron chi connectivity index (χ2n) is 11.8. The third kappa shape index (κ3) is 3.85. The molecule has 4 fully saturated rings. The second-order valence-corrected chi connectivity index (χ2v) is 11.8. The molecule has 2 aliphatic carbocycles. The molecule has 1 N–H and O–H groups in total. The van der Waals surface area contributed by atoms with Gasteiger partial charge in [-0.3, -0.25) is 0 Å². The van der Waals surface area contributed by atoms with Crippen molar-refractivity contribution in [3.05, 3.63) is 47.6 Å². The van der Waals surface area contributed by atoms with Crippen LogP contribution in [0.5, 0.6) is 0 Å². The fourth-order valence-corrected chi connectivity index (χ4v) is 7.33. The normalized spacial score (nSPS) is 49.2. The molecule has 10 atom stereocenters. The molecule has 4 heterocycles. The number of rotatable bonds is 0. The highest BCUT2D eigenvalue weighted by molar-refractivity contribution is 5.83. The number of allylic oxidation sites excluding steroid dienone is 2. The van der Waals surface area contributed by atoms with Crippen LogP contribution in [-0.2, 0) is 38.0 Å². The molecule has 1 saturated carbocycles. The van der Waals surface area contributed by atoms with E-state index < -0.39 is 53.0 Å². The van der Waals surface area contributed by atoms with Gasteiger partial charge in [-0.15, -0.1) is 0 Å². The highest BCUT2D eigenvalue weighted by Crippen LogP contribution is 2.72. The Morgan fingerprint density at radius 3 is 2.58 bits per heavy atom. The Balaban J connectivity index is 1.39. The van der Waals surface area contributed by atoms with E-state index in [1.807, 2.05) is 39.8 Å². The maximum Gasteiger partial charge on any atom is 0.331 e. The molecule has 0 unspecified atom stereocenters. The summed E-state index contributed by atoms with van der Waals surface area (Å²) in [5.41, 5.74) is -0.712. The van der Waals surface area contributed by atoms with Crippen molar-refractivity contribution in [2.75, 3.05) is 13.2 Å². The first-order chi connectivity index (χ1) is 18.1.